The number of rotatable bonds is 11. The molecule has 134 valence electrons. The maximum absolute atomic E-state index is 5.75. The van der Waals surface area contributed by atoms with Crippen molar-refractivity contribution in [2.45, 2.75) is 71.6 Å². The molecule has 5 N–H and O–H groups in total. The number of guanidine groups is 2. The lowest BCUT2D eigenvalue weighted by molar-refractivity contribution is 0.612. The van der Waals surface area contributed by atoms with E-state index in [2.05, 4.69) is 29.1 Å². The molecule has 0 aliphatic heterocycles. The third kappa shape index (κ3) is 19.3. The summed E-state index contributed by atoms with van der Waals surface area (Å²) in [5.74, 6) is 0.737. The summed E-state index contributed by atoms with van der Waals surface area (Å²) in [6.07, 6.45) is 11.0. The van der Waals surface area contributed by atoms with Crippen LogP contribution in [0, 0.1) is 0 Å². The van der Waals surface area contributed by atoms with Gasteiger partial charge in [-0.3, -0.25) is 15.3 Å². The molecule has 0 fully saturated rings. The highest BCUT2D eigenvalue weighted by molar-refractivity contribution is 5.96. The Kier molecular flexibility index (Phi) is 24.2. The molecule has 0 rings (SSSR count). The van der Waals surface area contributed by atoms with Crippen LogP contribution < -0.4 is 16.8 Å². The number of hydrogen-bond donors (Lipinski definition) is 3. The van der Waals surface area contributed by atoms with Crippen LogP contribution in [0.1, 0.15) is 71.6 Å². The van der Waals surface area contributed by atoms with Gasteiger partial charge in [-0.15, -0.1) is 24.8 Å². The van der Waals surface area contributed by atoms with Crippen molar-refractivity contribution in [1.82, 2.24) is 5.32 Å². The normalized spacial score (nSPS) is 11.5. The molecule has 0 bridgehead atoms. The fourth-order valence-electron chi connectivity index (χ4n) is 1.86. The zero-order chi connectivity index (χ0) is 15.1. The maximum Gasteiger partial charge on any atom is 0.195 e. The summed E-state index contributed by atoms with van der Waals surface area (Å²) in [7, 11) is 0. The Balaban J connectivity index is -0.00000180. The highest BCUT2D eigenvalue weighted by Gasteiger charge is 1.95. The summed E-state index contributed by atoms with van der Waals surface area (Å²) in [4.78, 5) is 8.45. The van der Waals surface area contributed by atoms with Crippen molar-refractivity contribution < 1.29 is 0 Å². The molecule has 0 radical (unpaired) electrons. The average molecular weight is 356 g/mol. The minimum absolute atomic E-state index is 0. The Hall–Kier alpha value is -0.680. The molecule has 0 aliphatic carbocycles. The van der Waals surface area contributed by atoms with E-state index >= 15 is 0 Å². The zero-order valence-corrected chi connectivity index (χ0v) is 15.8. The second-order valence-electron chi connectivity index (χ2n) is 5.13. The molecule has 0 spiro atoms. The number of nitrogens with two attached hydrogens (primary N) is 2. The molecule has 0 saturated heterocycles. The van der Waals surface area contributed by atoms with Crippen molar-refractivity contribution in [2.24, 2.45) is 21.5 Å². The summed E-state index contributed by atoms with van der Waals surface area (Å²) in [6, 6.07) is 0. The minimum Gasteiger partial charge on any atom is -0.370 e. The van der Waals surface area contributed by atoms with Gasteiger partial charge in [0.05, 0.1) is 0 Å². The molecule has 0 heterocycles. The smallest absolute Gasteiger partial charge is 0.195 e. The summed E-state index contributed by atoms with van der Waals surface area (Å²) in [5.41, 5.74) is 11.5. The predicted octanol–water partition coefficient (Wildman–Crippen LogP) is 3.60. The van der Waals surface area contributed by atoms with Gasteiger partial charge in [-0.25, -0.2) is 0 Å². The van der Waals surface area contributed by atoms with Gasteiger partial charge in [0.25, 0.3) is 0 Å². The third-order valence-electron chi connectivity index (χ3n) is 3.09. The fraction of sp³-hybridized carbons (Fsp3) is 0.867. The second-order valence-corrected chi connectivity index (χ2v) is 5.13. The fourth-order valence-corrected chi connectivity index (χ4v) is 1.86. The van der Waals surface area contributed by atoms with Crippen LogP contribution >= 0.6 is 24.8 Å². The van der Waals surface area contributed by atoms with Crippen LogP contribution in [0.15, 0.2) is 9.98 Å². The molecule has 0 atom stereocenters. The van der Waals surface area contributed by atoms with Crippen LogP contribution in [0.5, 0.6) is 0 Å². The molecule has 0 aromatic heterocycles. The Morgan fingerprint density at radius 3 is 1.55 bits per heavy atom. The predicted molar refractivity (Wildman–Crippen MR) is 104 cm³/mol. The second kappa shape index (κ2) is 20.3. The number of hydrogen-bond acceptors (Lipinski definition) is 2. The topological polar surface area (TPSA) is 88.8 Å². The van der Waals surface area contributed by atoms with Crippen LogP contribution in [0.25, 0.3) is 0 Å². The molecule has 7 heteroatoms. The molecule has 0 saturated carbocycles. The van der Waals surface area contributed by atoms with Crippen molar-refractivity contribution in [3.05, 3.63) is 0 Å². The molecule has 5 nitrogen and oxygen atoms in total. The van der Waals surface area contributed by atoms with Crippen LogP contribution in [-0.4, -0.2) is 25.0 Å². The summed E-state index contributed by atoms with van der Waals surface area (Å²) in [5, 5.41) is 2.82. The molecular weight excluding hydrogens is 321 g/mol. The van der Waals surface area contributed by atoms with E-state index in [9.17, 15) is 0 Å². The molecular formula is C15H35Cl2N5. The third-order valence-corrected chi connectivity index (χ3v) is 3.09. The Bertz CT molecular complexity index is 283. The molecule has 0 aromatic rings. The van der Waals surface area contributed by atoms with Gasteiger partial charge in [-0.05, 0) is 12.8 Å². The monoisotopic (exact) mass is 355 g/mol. The van der Waals surface area contributed by atoms with Gasteiger partial charge in [0.15, 0.2) is 11.9 Å². The van der Waals surface area contributed by atoms with Crippen molar-refractivity contribution in [1.29, 1.82) is 0 Å². The van der Waals surface area contributed by atoms with E-state index in [1.807, 2.05) is 0 Å². The van der Waals surface area contributed by atoms with E-state index in [4.69, 9.17) is 11.5 Å². The minimum atomic E-state index is 0. The van der Waals surface area contributed by atoms with E-state index in [1.165, 1.54) is 44.9 Å². The van der Waals surface area contributed by atoms with E-state index < -0.39 is 0 Å². The van der Waals surface area contributed by atoms with Crippen molar-refractivity contribution in [2.75, 3.05) is 13.1 Å². The van der Waals surface area contributed by atoms with Crippen LogP contribution in [0.3, 0.4) is 0 Å². The van der Waals surface area contributed by atoms with E-state index in [1.54, 1.807) is 0 Å². The first kappa shape index (κ1) is 26.2. The number of nitrogens with zero attached hydrogens (tertiary/aromatic N) is 2. The quantitative estimate of drug-likeness (QED) is 0.300. The van der Waals surface area contributed by atoms with Gasteiger partial charge in [0, 0.05) is 13.1 Å². The van der Waals surface area contributed by atoms with E-state index in [-0.39, 0.29) is 24.8 Å². The molecule has 0 aromatic carbocycles. The largest absolute Gasteiger partial charge is 0.370 e. The maximum atomic E-state index is 5.75. The van der Waals surface area contributed by atoms with Crippen LogP contribution in [0.4, 0.5) is 0 Å². The first-order chi connectivity index (χ1) is 9.70. The van der Waals surface area contributed by atoms with Crippen molar-refractivity contribution in [3.8, 4) is 0 Å². The van der Waals surface area contributed by atoms with Crippen LogP contribution in [0.2, 0.25) is 0 Å². The van der Waals surface area contributed by atoms with Gasteiger partial charge >= 0.3 is 0 Å². The van der Waals surface area contributed by atoms with Gasteiger partial charge in [0.1, 0.15) is 0 Å². The van der Waals surface area contributed by atoms with E-state index in [0.717, 1.165) is 25.9 Å². The van der Waals surface area contributed by atoms with Gasteiger partial charge in [0.2, 0.25) is 0 Å². The average Bonchev–Trinajstić information content (AvgIpc) is 2.42. The summed E-state index contributed by atoms with van der Waals surface area (Å²) in [6.45, 7) is 5.90. The highest BCUT2D eigenvalue weighted by Crippen LogP contribution is 2.04. The van der Waals surface area contributed by atoms with Gasteiger partial charge < -0.3 is 11.5 Å². The standard InChI is InChI=1S/C15H33N5.2ClH/c1-3-5-7-8-9-11-13-19-15(17)20-14(16)18-12-10-6-4-2;;/h3-13H2,1-2H3,(H5,16,17,18,19,20);2*1H. The summed E-state index contributed by atoms with van der Waals surface area (Å²) < 4.78 is 0. The summed E-state index contributed by atoms with van der Waals surface area (Å²) >= 11 is 0. The van der Waals surface area contributed by atoms with Crippen molar-refractivity contribution >= 4 is 36.7 Å². The molecule has 0 unspecified atom stereocenters. The van der Waals surface area contributed by atoms with Crippen LogP contribution in [-0.2, 0) is 0 Å². The molecule has 22 heavy (non-hydrogen) atoms. The number of nitrogens with one attached hydrogen (secondary N) is 1. The lowest BCUT2D eigenvalue weighted by Gasteiger charge is -2.05. The SMILES string of the molecule is CCCCCCCCN=C(N)NC(N)=NCCCCC.Cl.Cl. The van der Waals surface area contributed by atoms with Crippen molar-refractivity contribution in [3.63, 3.8) is 0 Å². The number of halogens is 2. The first-order valence-corrected chi connectivity index (χ1v) is 8.07. The Morgan fingerprint density at radius 2 is 1.05 bits per heavy atom. The Labute approximate surface area is 148 Å². The number of unbranched alkanes of at least 4 members (excludes halogenated alkanes) is 7. The zero-order valence-electron chi connectivity index (χ0n) is 14.1. The molecule has 0 aliphatic rings. The first-order valence-electron chi connectivity index (χ1n) is 8.07. The van der Waals surface area contributed by atoms with Gasteiger partial charge in [-0.2, -0.15) is 0 Å². The van der Waals surface area contributed by atoms with E-state index in [0.29, 0.717) is 11.9 Å². The number of aliphatic imine (C=N–C) groups is 2. The van der Waals surface area contributed by atoms with Gasteiger partial charge in [-0.1, -0.05) is 58.8 Å². The Morgan fingerprint density at radius 1 is 0.682 bits per heavy atom. The highest BCUT2D eigenvalue weighted by atomic mass is 35.5. The lowest BCUT2D eigenvalue weighted by Crippen LogP contribution is -2.41. The molecule has 0 amide bonds. The lowest BCUT2D eigenvalue weighted by atomic mass is 10.1.